The molecule has 0 fully saturated rings. The Morgan fingerprint density at radius 1 is 1.42 bits per heavy atom. The van der Waals surface area contributed by atoms with Crippen molar-refractivity contribution in [2.75, 3.05) is 45.5 Å². The molecule has 1 rings (SSSR count). The van der Waals surface area contributed by atoms with Gasteiger partial charge in [0, 0.05) is 28.3 Å². The first-order valence-electron chi connectivity index (χ1n) is 5.62. The zero-order valence-electron chi connectivity index (χ0n) is 11.7. The van der Waals surface area contributed by atoms with Gasteiger partial charge in [0.15, 0.2) is 10.7 Å². The number of anilines is 2. The summed E-state index contributed by atoms with van der Waals surface area (Å²) in [6, 6.07) is 0.0148. The molecule has 0 radical (unpaired) electrons. The van der Waals surface area contributed by atoms with Crippen LogP contribution in [0.5, 0.6) is 0 Å². The molecule has 0 aliphatic rings. The van der Waals surface area contributed by atoms with Crippen LogP contribution in [-0.4, -0.2) is 58.0 Å². The molecule has 0 bridgehead atoms. The molecule has 1 heterocycles. The molecule has 0 aliphatic heterocycles. The van der Waals surface area contributed by atoms with Gasteiger partial charge < -0.3 is 15.4 Å². The lowest BCUT2D eigenvalue weighted by Gasteiger charge is -2.26. The zero-order valence-corrected chi connectivity index (χ0v) is 13.4. The maximum atomic E-state index is 12.3. The minimum absolute atomic E-state index is 0.0148. The van der Waals surface area contributed by atoms with Crippen LogP contribution in [0.3, 0.4) is 0 Å². The van der Waals surface area contributed by atoms with Crippen molar-refractivity contribution >= 4 is 32.4 Å². The molecular weight excluding hydrogens is 288 g/mol. The van der Waals surface area contributed by atoms with E-state index in [1.54, 1.807) is 14.2 Å². The average Bonchev–Trinajstić information content (AvgIpc) is 2.70. The minimum atomic E-state index is -3.61. The van der Waals surface area contributed by atoms with Crippen LogP contribution >= 0.6 is 11.5 Å². The van der Waals surface area contributed by atoms with Crippen molar-refractivity contribution in [2.24, 2.45) is 0 Å². The van der Waals surface area contributed by atoms with Crippen molar-refractivity contribution in [1.29, 1.82) is 0 Å². The first-order chi connectivity index (χ1) is 8.73. The van der Waals surface area contributed by atoms with Crippen molar-refractivity contribution < 1.29 is 13.2 Å². The van der Waals surface area contributed by atoms with E-state index in [9.17, 15) is 8.42 Å². The summed E-state index contributed by atoms with van der Waals surface area (Å²) in [7, 11) is 2.72. The van der Waals surface area contributed by atoms with Crippen LogP contribution in [0.25, 0.3) is 0 Å². The van der Waals surface area contributed by atoms with Crippen LogP contribution in [0.1, 0.15) is 6.92 Å². The largest absolute Gasteiger partial charge is 0.383 e. The lowest BCUT2D eigenvalue weighted by molar-refractivity contribution is 0.183. The van der Waals surface area contributed by atoms with Crippen LogP contribution < -0.4 is 10.6 Å². The fraction of sp³-hybridized carbons (Fsp3) is 0.700. The Morgan fingerprint density at radius 2 is 2.00 bits per heavy atom. The van der Waals surface area contributed by atoms with E-state index < -0.39 is 10.0 Å². The van der Waals surface area contributed by atoms with Crippen molar-refractivity contribution in [1.82, 2.24) is 8.68 Å². The van der Waals surface area contributed by atoms with Gasteiger partial charge in [-0.25, -0.2) is 12.7 Å². The molecule has 9 heteroatoms. The van der Waals surface area contributed by atoms with Gasteiger partial charge in [0.05, 0.1) is 12.6 Å². The topological polar surface area (TPSA) is 88.8 Å². The van der Waals surface area contributed by atoms with Gasteiger partial charge in [-0.15, -0.1) is 0 Å². The summed E-state index contributed by atoms with van der Waals surface area (Å²) in [5.74, 6) is 0.0326. The number of sulfonamides is 1. The molecule has 1 unspecified atom stereocenters. The molecule has 0 amide bonds. The Labute approximate surface area is 118 Å². The maximum absolute atomic E-state index is 12.3. The van der Waals surface area contributed by atoms with E-state index in [-0.39, 0.29) is 16.8 Å². The number of nitrogen functional groups attached to an aromatic ring is 1. The van der Waals surface area contributed by atoms with Crippen LogP contribution in [0, 0.1) is 0 Å². The standard InChI is InChI=1S/C10H20N4O3S2/c1-7(6-17-5)14(4)10-8(9(11)12-18-10)19(15,16)13(2)3/h7H,6H2,1-5H3,(H2,11,12). The highest BCUT2D eigenvalue weighted by Crippen LogP contribution is 2.36. The summed E-state index contributed by atoms with van der Waals surface area (Å²) in [6.45, 7) is 2.42. The number of aromatic nitrogens is 1. The van der Waals surface area contributed by atoms with Gasteiger partial charge in [0.25, 0.3) is 0 Å². The van der Waals surface area contributed by atoms with Crippen molar-refractivity contribution in [3.8, 4) is 0 Å². The minimum Gasteiger partial charge on any atom is -0.383 e. The Hall–Kier alpha value is -0.900. The van der Waals surface area contributed by atoms with Gasteiger partial charge in [-0.05, 0) is 18.5 Å². The van der Waals surface area contributed by atoms with Crippen molar-refractivity contribution in [3.05, 3.63) is 0 Å². The third-order valence-electron chi connectivity index (χ3n) is 2.79. The molecule has 0 saturated heterocycles. The molecule has 1 atom stereocenters. The highest BCUT2D eigenvalue weighted by molar-refractivity contribution is 7.89. The third-order valence-corrected chi connectivity index (χ3v) is 5.75. The second kappa shape index (κ2) is 6.04. The molecule has 0 saturated carbocycles. The molecule has 1 aromatic heterocycles. The number of ether oxygens (including phenoxy) is 1. The van der Waals surface area contributed by atoms with E-state index in [1.165, 1.54) is 14.1 Å². The highest BCUT2D eigenvalue weighted by Gasteiger charge is 2.30. The smallest absolute Gasteiger partial charge is 0.249 e. The first-order valence-corrected chi connectivity index (χ1v) is 7.84. The summed E-state index contributed by atoms with van der Waals surface area (Å²) >= 11 is 1.07. The summed E-state index contributed by atoms with van der Waals surface area (Å²) < 4.78 is 34.7. The van der Waals surface area contributed by atoms with Crippen molar-refractivity contribution in [3.63, 3.8) is 0 Å². The Kier molecular flexibility index (Phi) is 5.13. The predicted molar refractivity (Wildman–Crippen MR) is 77.1 cm³/mol. The fourth-order valence-corrected chi connectivity index (χ4v) is 3.79. The van der Waals surface area contributed by atoms with E-state index in [0.717, 1.165) is 15.8 Å². The number of nitrogens with zero attached hydrogens (tertiary/aromatic N) is 3. The van der Waals surface area contributed by atoms with Crippen LogP contribution in [0.2, 0.25) is 0 Å². The Balaban J connectivity index is 3.26. The summed E-state index contributed by atoms with van der Waals surface area (Å²) in [6.07, 6.45) is 0. The lowest BCUT2D eigenvalue weighted by atomic mass is 10.3. The monoisotopic (exact) mass is 308 g/mol. The summed E-state index contributed by atoms with van der Waals surface area (Å²) in [4.78, 5) is 1.88. The SMILES string of the molecule is COCC(C)N(C)c1snc(N)c1S(=O)(=O)N(C)C. The average molecular weight is 308 g/mol. The molecule has 0 spiro atoms. The van der Waals surface area contributed by atoms with E-state index in [4.69, 9.17) is 10.5 Å². The third kappa shape index (κ3) is 3.16. The summed E-state index contributed by atoms with van der Waals surface area (Å²) in [5, 5.41) is 0.524. The van der Waals surface area contributed by atoms with E-state index in [2.05, 4.69) is 4.37 Å². The van der Waals surface area contributed by atoms with Gasteiger partial charge >= 0.3 is 0 Å². The molecule has 19 heavy (non-hydrogen) atoms. The maximum Gasteiger partial charge on any atom is 0.249 e. The number of likely N-dealkylation sites (N-methyl/N-ethyl adjacent to an activating group) is 1. The number of hydrogen-bond acceptors (Lipinski definition) is 7. The lowest BCUT2D eigenvalue weighted by Crippen LogP contribution is -2.34. The molecule has 2 N–H and O–H groups in total. The fourth-order valence-electron chi connectivity index (χ4n) is 1.49. The predicted octanol–water partition coefficient (Wildman–Crippen LogP) is 0.447. The van der Waals surface area contributed by atoms with Crippen LogP contribution in [-0.2, 0) is 14.8 Å². The second-order valence-corrected chi connectivity index (χ2v) is 7.25. The van der Waals surface area contributed by atoms with E-state index in [0.29, 0.717) is 11.6 Å². The normalized spacial score (nSPS) is 13.8. The number of rotatable bonds is 6. The van der Waals surface area contributed by atoms with Crippen LogP contribution in [0.15, 0.2) is 4.90 Å². The zero-order chi connectivity index (χ0) is 14.8. The van der Waals surface area contributed by atoms with Gasteiger partial charge in [-0.1, -0.05) is 0 Å². The molecule has 7 nitrogen and oxygen atoms in total. The first kappa shape index (κ1) is 16.2. The number of methoxy groups -OCH3 is 1. The van der Waals surface area contributed by atoms with Gasteiger partial charge in [0.2, 0.25) is 10.0 Å². The Bertz CT molecular complexity index is 527. The van der Waals surface area contributed by atoms with E-state index in [1.807, 2.05) is 11.8 Å². The number of nitrogens with two attached hydrogens (primary N) is 1. The second-order valence-electron chi connectivity index (χ2n) is 4.40. The van der Waals surface area contributed by atoms with E-state index >= 15 is 0 Å². The highest BCUT2D eigenvalue weighted by atomic mass is 32.2. The van der Waals surface area contributed by atoms with Gasteiger partial charge in [0.1, 0.15) is 5.00 Å². The molecule has 0 aliphatic carbocycles. The van der Waals surface area contributed by atoms with Crippen LogP contribution in [0.4, 0.5) is 10.8 Å². The van der Waals surface area contributed by atoms with Gasteiger partial charge in [-0.2, -0.15) is 4.37 Å². The molecule has 1 aromatic rings. The quantitative estimate of drug-likeness (QED) is 0.820. The molecule has 0 aromatic carbocycles. The van der Waals surface area contributed by atoms with Crippen molar-refractivity contribution in [2.45, 2.75) is 17.9 Å². The summed E-state index contributed by atoms with van der Waals surface area (Å²) in [5.41, 5.74) is 5.71. The Morgan fingerprint density at radius 3 is 2.47 bits per heavy atom. The molecule has 110 valence electrons. The van der Waals surface area contributed by atoms with Gasteiger partial charge in [-0.3, -0.25) is 0 Å². The molecular formula is C10H20N4O3S2. The number of hydrogen-bond donors (Lipinski definition) is 1.